The number of amides is 1. The Morgan fingerprint density at radius 1 is 1.22 bits per heavy atom. The van der Waals surface area contributed by atoms with Gasteiger partial charge in [0.05, 0.1) is 11.8 Å². The zero-order valence-corrected chi connectivity index (χ0v) is 13.8. The lowest BCUT2D eigenvalue weighted by Gasteiger charge is -2.32. The van der Waals surface area contributed by atoms with Gasteiger partial charge < -0.3 is 10.2 Å². The second-order valence-electron chi connectivity index (χ2n) is 7.86. The third-order valence-electron chi connectivity index (χ3n) is 6.20. The van der Waals surface area contributed by atoms with Crippen molar-refractivity contribution in [3.05, 3.63) is 18.0 Å². The molecule has 0 unspecified atom stereocenters. The molecule has 4 rings (SSSR count). The molecule has 5 heteroatoms. The average Bonchev–Trinajstić information content (AvgIpc) is 3.24. The normalized spacial score (nSPS) is 34.4. The third kappa shape index (κ3) is 3.44. The molecule has 2 aliphatic carbocycles. The molecule has 126 valence electrons. The first kappa shape index (κ1) is 15.2. The predicted molar refractivity (Wildman–Crippen MR) is 89.1 cm³/mol. The molecule has 2 N–H and O–H groups in total. The van der Waals surface area contributed by atoms with Crippen LogP contribution < -0.4 is 5.32 Å². The van der Waals surface area contributed by atoms with Crippen LogP contribution in [-0.4, -0.2) is 46.7 Å². The van der Waals surface area contributed by atoms with Crippen LogP contribution in [-0.2, 0) is 0 Å². The van der Waals surface area contributed by atoms with Crippen molar-refractivity contribution in [3.63, 3.8) is 0 Å². The van der Waals surface area contributed by atoms with Crippen LogP contribution >= 0.6 is 0 Å². The quantitative estimate of drug-likeness (QED) is 0.897. The van der Waals surface area contributed by atoms with Crippen molar-refractivity contribution in [2.75, 3.05) is 19.6 Å². The van der Waals surface area contributed by atoms with E-state index in [0.29, 0.717) is 11.6 Å². The number of aromatic nitrogens is 2. The molecule has 0 aromatic carbocycles. The Kier molecular flexibility index (Phi) is 4.38. The van der Waals surface area contributed by atoms with Gasteiger partial charge in [-0.05, 0) is 49.9 Å². The van der Waals surface area contributed by atoms with Crippen LogP contribution in [0.4, 0.5) is 0 Å². The molecule has 3 aliphatic rings. The minimum atomic E-state index is 0.0140. The molecule has 0 spiro atoms. The zero-order chi connectivity index (χ0) is 15.6. The van der Waals surface area contributed by atoms with Gasteiger partial charge in [0.2, 0.25) is 0 Å². The summed E-state index contributed by atoms with van der Waals surface area (Å²) in [5.74, 6) is 2.72. The van der Waals surface area contributed by atoms with E-state index in [0.717, 1.165) is 30.6 Å². The molecule has 2 heterocycles. The Morgan fingerprint density at radius 3 is 2.74 bits per heavy atom. The topological polar surface area (TPSA) is 61.0 Å². The lowest BCUT2D eigenvalue weighted by atomic mass is 9.85. The molecule has 1 amide bonds. The molecule has 5 nitrogen and oxygen atoms in total. The number of fused-ring (bicyclic) bond motifs is 1. The summed E-state index contributed by atoms with van der Waals surface area (Å²) < 4.78 is 0. The Hall–Kier alpha value is -1.36. The van der Waals surface area contributed by atoms with Gasteiger partial charge in [-0.25, -0.2) is 0 Å². The van der Waals surface area contributed by atoms with Crippen LogP contribution in [0.2, 0.25) is 0 Å². The number of rotatable bonds is 4. The van der Waals surface area contributed by atoms with E-state index in [-0.39, 0.29) is 5.91 Å². The van der Waals surface area contributed by atoms with Crippen LogP contribution in [0.1, 0.15) is 55.3 Å². The molecule has 1 aromatic rings. The van der Waals surface area contributed by atoms with Gasteiger partial charge >= 0.3 is 0 Å². The molecule has 1 saturated heterocycles. The van der Waals surface area contributed by atoms with Gasteiger partial charge in [0.1, 0.15) is 0 Å². The molecular formula is C18H28N4O. The van der Waals surface area contributed by atoms with Crippen LogP contribution in [0.25, 0.3) is 0 Å². The fourth-order valence-electron chi connectivity index (χ4n) is 5.08. The first-order valence-electron chi connectivity index (χ1n) is 9.30. The number of hydrogen-bond donors (Lipinski definition) is 2. The fourth-order valence-corrected chi connectivity index (χ4v) is 5.08. The highest BCUT2D eigenvalue weighted by Crippen LogP contribution is 2.38. The average molecular weight is 316 g/mol. The summed E-state index contributed by atoms with van der Waals surface area (Å²) in [5.41, 5.74) is 0.638. The van der Waals surface area contributed by atoms with Crippen molar-refractivity contribution in [1.29, 1.82) is 0 Å². The Labute approximate surface area is 138 Å². The first-order chi connectivity index (χ1) is 11.3. The Morgan fingerprint density at radius 2 is 2.00 bits per heavy atom. The number of nitrogens with zero attached hydrogens (tertiary/aromatic N) is 2. The van der Waals surface area contributed by atoms with Gasteiger partial charge in [-0.15, -0.1) is 0 Å². The SMILES string of the molecule is O=C(N[C@H]1CCC[C@@H](CN2C[C@H]3CCC[C@H]3C2)C1)c1cn[nH]c1. The van der Waals surface area contributed by atoms with Crippen molar-refractivity contribution in [3.8, 4) is 0 Å². The molecule has 4 atom stereocenters. The summed E-state index contributed by atoms with van der Waals surface area (Å²) in [7, 11) is 0. The largest absolute Gasteiger partial charge is 0.349 e. The molecule has 0 radical (unpaired) electrons. The zero-order valence-electron chi connectivity index (χ0n) is 13.8. The molecule has 0 bridgehead atoms. The monoisotopic (exact) mass is 316 g/mol. The highest BCUT2D eigenvalue weighted by molar-refractivity contribution is 5.93. The molecule has 23 heavy (non-hydrogen) atoms. The summed E-state index contributed by atoms with van der Waals surface area (Å²) in [5, 5.41) is 9.76. The molecule has 3 fully saturated rings. The minimum Gasteiger partial charge on any atom is -0.349 e. The number of aromatic amines is 1. The number of carbonyl (C=O) groups excluding carboxylic acids is 1. The van der Waals surface area contributed by atoms with Gasteiger partial charge in [-0.2, -0.15) is 5.10 Å². The number of carbonyl (C=O) groups is 1. The van der Waals surface area contributed by atoms with E-state index >= 15 is 0 Å². The minimum absolute atomic E-state index is 0.0140. The lowest BCUT2D eigenvalue weighted by molar-refractivity contribution is 0.0913. The van der Waals surface area contributed by atoms with E-state index < -0.39 is 0 Å². The second kappa shape index (κ2) is 6.63. The smallest absolute Gasteiger partial charge is 0.254 e. The van der Waals surface area contributed by atoms with Crippen molar-refractivity contribution < 1.29 is 4.79 Å². The Bertz CT molecular complexity index is 517. The van der Waals surface area contributed by atoms with Gasteiger partial charge in [0.25, 0.3) is 5.91 Å². The van der Waals surface area contributed by atoms with Gasteiger partial charge in [-0.3, -0.25) is 9.89 Å². The number of nitrogens with one attached hydrogen (secondary N) is 2. The Balaban J connectivity index is 1.27. The molecule has 1 aromatic heterocycles. The van der Waals surface area contributed by atoms with E-state index in [9.17, 15) is 4.79 Å². The maximum atomic E-state index is 12.2. The van der Waals surface area contributed by atoms with Crippen LogP contribution in [0.3, 0.4) is 0 Å². The van der Waals surface area contributed by atoms with Crippen molar-refractivity contribution >= 4 is 5.91 Å². The van der Waals surface area contributed by atoms with Gasteiger partial charge in [0.15, 0.2) is 0 Å². The number of H-pyrrole nitrogens is 1. The fraction of sp³-hybridized carbons (Fsp3) is 0.778. The summed E-state index contributed by atoms with van der Waals surface area (Å²) in [6.45, 7) is 3.89. The third-order valence-corrected chi connectivity index (χ3v) is 6.20. The lowest BCUT2D eigenvalue weighted by Crippen LogP contribution is -2.41. The van der Waals surface area contributed by atoms with E-state index in [2.05, 4.69) is 20.4 Å². The summed E-state index contributed by atoms with van der Waals surface area (Å²) >= 11 is 0. The van der Waals surface area contributed by atoms with E-state index in [1.807, 2.05) is 0 Å². The van der Waals surface area contributed by atoms with E-state index in [4.69, 9.17) is 0 Å². The maximum absolute atomic E-state index is 12.2. The van der Waals surface area contributed by atoms with Crippen molar-refractivity contribution in [2.24, 2.45) is 17.8 Å². The maximum Gasteiger partial charge on any atom is 0.254 e. The van der Waals surface area contributed by atoms with E-state index in [1.165, 1.54) is 51.7 Å². The van der Waals surface area contributed by atoms with E-state index in [1.54, 1.807) is 12.4 Å². The molecule has 2 saturated carbocycles. The van der Waals surface area contributed by atoms with Crippen LogP contribution in [0.5, 0.6) is 0 Å². The first-order valence-corrected chi connectivity index (χ1v) is 9.30. The summed E-state index contributed by atoms with van der Waals surface area (Å²) in [6.07, 6.45) is 12.4. The van der Waals surface area contributed by atoms with Crippen LogP contribution in [0, 0.1) is 17.8 Å². The van der Waals surface area contributed by atoms with Crippen LogP contribution in [0.15, 0.2) is 12.4 Å². The van der Waals surface area contributed by atoms with Crippen molar-refractivity contribution in [1.82, 2.24) is 20.4 Å². The number of hydrogen-bond acceptors (Lipinski definition) is 3. The highest BCUT2D eigenvalue weighted by Gasteiger charge is 2.37. The predicted octanol–water partition coefficient (Wildman–Crippen LogP) is 2.43. The summed E-state index contributed by atoms with van der Waals surface area (Å²) in [4.78, 5) is 14.9. The second-order valence-corrected chi connectivity index (χ2v) is 7.86. The van der Waals surface area contributed by atoms with Gasteiger partial charge in [-0.1, -0.05) is 12.8 Å². The van der Waals surface area contributed by atoms with Gasteiger partial charge in [0, 0.05) is 31.9 Å². The summed E-state index contributed by atoms with van der Waals surface area (Å²) in [6, 6.07) is 0.332. The standard InChI is InChI=1S/C18H28N4O/c23-18(16-8-19-20-9-16)21-17-6-1-3-13(7-17)10-22-11-14-4-2-5-15(14)12-22/h8-9,13-15,17H,1-7,10-12H2,(H,19,20)(H,21,23)/t13-,14-,15+,17+/m1/s1. The molecule has 1 aliphatic heterocycles. The molecular weight excluding hydrogens is 288 g/mol. The number of likely N-dealkylation sites (tertiary alicyclic amines) is 1. The highest BCUT2D eigenvalue weighted by atomic mass is 16.1. The van der Waals surface area contributed by atoms with Crippen molar-refractivity contribution in [2.45, 2.75) is 51.0 Å².